The predicted molar refractivity (Wildman–Crippen MR) is 89.7 cm³/mol. The maximum atomic E-state index is 12.4. The average molecular weight is 374 g/mol. The zero-order chi connectivity index (χ0) is 18.6. The van der Waals surface area contributed by atoms with Crippen molar-refractivity contribution in [1.82, 2.24) is 4.72 Å². The summed E-state index contributed by atoms with van der Waals surface area (Å²) in [5.41, 5.74) is -0.405. The number of fused-ring (bicyclic) bond motifs is 1. The van der Waals surface area contributed by atoms with Crippen LogP contribution in [0.15, 0.2) is 51.5 Å². The summed E-state index contributed by atoms with van der Waals surface area (Å²) >= 11 is 0. The van der Waals surface area contributed by atoms with Crippen LogP contribution in [0.2, 0.25) is 0 Å². The van der Waals surface area contributed by atoms with Gasteiger partial charge in [-0.3, -0.25) is 4.79 Å². The van der Waals surface area contributed by atoms with E-state index < -0.39 is 21.5 Å². The number of carbonyl (C=O) groups is 1. The first-order valence-corrected chi connectivity index (χ1v) is 9.10. The molecular formula is C17H14N2O6S. The zero-order valence-electron chi connectivity index (χ0n) is 13.5. The van der Waals surface area contributed by atoms with Crippen molar-refractivity contribution in [3.63, 3.8) is 0 Å². The van der Waals surface area contributed by atoms with Crippen LogP contribution in [-0.2, 0) is 14.8 Å². The molecule has 1 aliphatic rings. The summed E-state index contributed by atoms with van der Waals surface area (Å²) in [6.45, 7) is 0.867. The summed E-state index contributed by atoms with van der Waals surface area (Å²) in [7, 11) is -4.20. The number of nitrogens with zero attached hydrogens (tertiary/aromatic N) is 1. The fourth-order valence-electron chi connectivity index (χ4n) is 2.21. The number of amides is 1. The van der Waals surface area contributed by atoms with Gasteiger partial charge in [0, 0.05) is 18.6 Å². The van der Waals surface area contributed by atoms with Crippen LogP contribution >= 0.6 is 0 Å². The molecule has 1 N–H and O–H groups in total. The molecule has 0 bridgehead atoms. The molecule has 8 nitrogen and oxygen atoms in total. The van der Waals surface area contributed by atoms with E-state index in [0.29, 0.717) is 25.4 Å². The lowest BCUT2D eigenvalue weighted by atomic mass is 10.2. The van der Waals surface area contributed by atoms with Crippen molar-refractivity contribution >= 4 is 22.0 Å². The minimum absolute atomic E-state index is 0.176. The molecule has 0 saturated carbocycles. The fraction of sp³-hybridized carbons (Fsp3) is 0.176. The van der Waals surface area contributed by atoms with Gasteiger partial charge in [-0.05, 0) is 24.3 Å². The number of benzene rings is 1. The summed E-state index contributed by atoms with van der Waals surface area (Å²) in [4.78, 5) is 12.0. The lowest BCUT2D eigenvalue weighted by Gasteiger charge is -2.10. The Morgan fingerprint density at radius 3 is 2.65 bits per heavy atom. The minimum atomic E-state index is -4.20. The Labute approximate surface area is 149 Å². The predicted octanol–water partition coefficient (Wildman–Crippen LogP) is 1.85. The summed E-state index contributed by atoms with van der Waals surface area (Å²) in [6, 6.07) is 8.79. The Morgan fingerprint density at radius 1 is 1.19 bits per heavy atom. The van der Waals surface area contributed by atoms with E-state index in [1.165, 1.54) is 30.5 Å². The molecule has 1 aliphatic heterocycles. The highest BCUT2D eigenvalue weighted by molar-refractivity contribution is 7.90. The Kier molecular flexibility index (Phi) is 4.95. The first-order chi connectivity index (χ1) is 12.5. The largest absolute Gasteiger partial charge is 0.490 e. The molecule has 0 saturated heterocycles. The van der Waals surface area contributed by atoms with Crippen molar-refractivity contribution in [1.29, 1.82) is 5.26 Å². The van der Waals surface area contributed by atoms with Gasteiger partial charge in [0.15, 0.2) is 11.5 Å². The summed E-state index contributed by atoms with van der Waals surface area (Å²) in [6.07, 6.45) is 3.20. The Hall–Kier alpha value is -3.25. The fourth-order valence-corrected chi connectivity index (χ4v) is 3.19. The topological polar surface area (TPSA) is 119 Å². The van der Waals surface area contributed by atoms with E-state index in [-0.39, 0.29) is 16.4 Å². The van der Waals surface area contributed by atoms with Gasteiger partial charge in [-0.2, -0.15) is 5.26 Å². The molecule has 0 radical (unpaired) electrons. The van der Waals surface area contributed by atoms with E-state index in [9.17, 15) is 13.2 Å². The Bertz CT molecular complexity index is 987. The van der Waals surface area contributed by atoms with Crippen LogP contribution in [-0.4, -0.2) is 27.5 Å². The van der Waals surface area contributed by atoms with Gasteiger partial charge in [-0.25, -0.2) is 13.1 Å². The monoisotopic (exact) mass is 374 g/mol. The van der Waals surface area contributed by atoms with Crippen molar-refractivity contribution in [3.05, 3.63) is 47.9 Å². The van der Waals surface area contributed by atoms with Crippen LogP contribution in [0, 0.1) is 11.3 Å². The van der Waals surface area contributed by atoms with Crippen molar-refractivity contribution in [2.24, 2.45) is 0 Å². The molecule has 1 aromatic heterocycles. The van der Waals surface area contributed by atoms with Gasteiger partial charge < -0.3 is 13.9 Å². The minimum Gasteiger partial charge on any atom is -0.490 e. The van der Waals surface area contributed by atoms with Gasteiger partial charge >= 0.3 is 0 Å². The van der Waals surface area contributed by atoms with E-state index in [4.69, 9.17) is 19.2 Å². The van der Waals surface area contributed by atoms with Gasteiger partial charge in [0.25, 0.3) is 15.9 Å². The third-order valence-electron chi connectivity index (χ3n) is 3.45. The standard InChI is InChI=1S/C17H14N2O6S/c18-11-12(9-13-3-1-6-23-13)17(20)19-26(21,22)14-4-5-15-16(10-14)25-8-2-7-24-15/h1,3-6,9-10H,2,7-8H2,(H,19,20). The molecule has 1 amide bonds. The molecule has 26 heavy (non-hydrogen) atoms. The number of furan rings is 1. The molecular weight excluding hydrogens is 360 g/mol. The van der Waals surface area contributed by atoms with Gasteiger partial charge in [0.05, 0.1) is 24.4 Å². The number of nitrogens with one attached hydrogen (secondary N) is 1. The van der Waals surface area contributed by atoms with Gasteiger partial charge in [0.1, 0.15) is 17.4 Å². The summed E-state index contributed by atoms with van der Waals surface area (Å²) in [5.74, 6) is -0.0895. The molecule has 134 valence electrons. The van der Waals surface area contributed by atoms with Crippen LogP contribution in [0.4, 0.5) is 0 Å². The van der Waals surface area contributed by atoms with Gasteiger partial charge in [0.2, 0.25) is 0 Å². The number of hydrogen-bond acceptors (Lipinski definition) is 7. The second kappa shape index (κ2) is 7.33. The molecule has 2 aromatic rings. The third kappa shape index (κ3) is 3.87. The van der Waals surface area contributed by atoms with Crippen LogP contribution in [0.3, 0.4) is 0 Å². The normalized spacial score (nSPS) is 14.2. The molecule has 0 atom stereocenters. The highest BCUT2D eigenvalue weighted by atomic mass is 32.2. The number of carbonyl (C=O) groups excluding carboxylic acids is 1. The van der Waals surface area contributed by atoms with Crippen LogP contribution < -0.4 is 14.2 Å². The van der Waals surface area contributed by atoms with E-state index in [2.05, 4.69) is 0 Å². The first kappa shape index (κ1) is 17.6. The highest BCUT2D eigenvalue weighted by Crippen LogP contribution is 2.31. The maximum absolute atomic E-state index is 12.4. The van der Waals surface area contributed by atoms with Crippen molar-refractivity contribution in [2.75, 3.05) is 13.2 Å². The van der Waals surface area contributed by atoms with E-state index in [1.54, 1.807) is 12.1 Å². The number of hydrogen-bond donors (Lipinski definition) is 1. The van der Waals surface area contributed by atoms with E-state index in [0.717, 1.165) is 6.08 Å². The summed E-state index contributed by atoms with van der Waals surface area (Å²) in [5, 5.41) is 9.10. The van der Waals surface area contributed by atoms with Crippen molar-refractivity contribution in [2.45, 2.75) is 11.3 Å². The lowest BCUT2D eigenvalue weighted by Crippen LogP contribution is -2.31. The number of nitriles is 1. The van der Waals surface area contributed by atoms with Gasteiger partial charge in [-0.1, -0.05) is 0 Å². The Morgan fingerprint density at radius 2 is 1.96 bits per heavy atom. The number of sulfonamides is 1. The molecule has 2 heterocycles. The molecule has 1 aromatic carbocycles. The van der Waals surface area contributed by atoms with Gasteiger partial charge in [-0.15, -0.1) is 0 Å². The van der Waals surface area contributed by atoms with Crippen molar-refractivity contribution < 1.29 is 27.1 Å². The zero-order valence-corrected chi connectivity index (χ0v) is 14.3. The maximum Gasteiger partial charge on any atom is 0.275 e. The van der Waals surface area contributed by atoms with Crippen LogP contribution in [0.1, 0.15) is 12.2 Å². The van der Waals surface area contributed by atoms with Crippen LogP contribution in [0.25, 0.3) is 6.08 Å². The second-order valence-corrected chi connectivity index (χ2v) is 6.96. The number of rotatable bonds is 4. The Balaban J connectivity index is 1.83. The smallest absolute Gasteiger partial charge is 0.275 e. The molecule has 0 aliphatic carbocycles. The molecule has 9 heteroatoms. The molecule has 0 unspecified atom stereocenters. The second-order valence-electron chi connectivity index (χ2n) is 5.28. The molecule has 3 rings (SSSR count). The quantitative estimate of drug-likeness (QED) is 0.641. The number of ether oxygens (including phenoxy) is 2. The SMILES string of the molecule is N#CC(=Cc1ccco1)C(=O)NS(=O)(=O)c1ccc2c(c1)OCCCO2. The van der Waals surface area contributed by atoms with Crippen LogP contribution in [0.5, 0.6) is 11.5 Å². The average Bonchev–Trinajstić information content (AvgIpc) is 3.01. The lowest BCUT2D eigenvalue weighted by molar-refractivity contribution is -0.115. The van der Waals surface area contributed by atoms with E-state index in [1.807, 2.05) is 4.72 Å². The van der Waals surface area contributed by atoms with E-state index >= 15 is 0 Å². The summed E-state index contributed by atoms with van der Waals surface area (Å²) < 4.78 is 42.7. The molecule has 0 spiro atoms. The first-order valence-electron chi connectivity index (χ1n) is 7.62. The highest BCUT2D eigenvalue weighted by Gasteiger charge is 2.23. The third-order valence-corrected chi connectivity index (χ3v) is 4.78. The van der Waals surface area contributed by atoms with Crippen molar-refractivity contribution in [3.8, 4) is 17.6 Å². The molecule has 0 fully saturated rings.